The molecule has 27 heteroatoms. The fourth-order valence-electron chi connectivity index (χ4n) is 9.62. The van der Waals surface area contributed by atoms with Crippen LogP contribution in [0.4, 0.5) is 40.6 Å². The van der Waals surface area contributed by atoms with Crippen molar-refractivity contribution in [3.05, 3.63) is 115 Å². The van der Waals surface area contributed by atoms with Crippen LogP contribution < -0.4 is 25.6 Å². The van der Waals surface area contributed by atoms with Crippen LogP contribution >= 0.6 is 0 Å². The number of phenolic OH excluding ortho intramolecular Hbond substituents is 1. The molecule has 1 aromatic heterocycles. The van der Waals surface area contributed by atoms with Crippen molar-refractivity contribution in [2.45, 2.75) is 84.8 Å². The number of esters is 1. The third-order valence-corrected chi connectivity index (χ3v) is 26.6. The second kappa shape index (κ2) is 26.1. The first-order valence-electron chi connectivity index (χ1n) is 25.7. The minimum Gasteiger partial charge on any atom is -0.505 e. The molecule has 0 aliphatic heterocycles. The fraction of sp³-hybridized carbons (Fsp3) is 0.321. The number of nitrogens with one attached hydrogen (secondary N) is 3. The molecule has 0 saturated carbocycles. The summed E-state index contributed by atoms with van der Waals surface area (Å²) in [5.74, 6) is -0.428. The second-order valence-electron chi connectivity index (χ2n) is 20.4. The van der Waals surface area contributed by atoms with Crippen molar-refractivity contribution in [3.8, 4) is 11.5 Å². The number of aromatic hydroxyl groups is 1. The lowest BCUT2D eigenvalue weighted by atomic mass is 10.1. The number of ether oxygens (including phenoxy) is 2. The van der Waals surface area contributed by atoms with Gasteiger partial charge in [-0.15, -0.1) is 10.2 Å². The van der Waals surface area contributed by atoms with Crippen molar-refractivity contribution in [1.29, 1.82) is 0 Å². The highest BCUT2D eigenvalue weighted by atomic mass is 32.2. The number of benzene rings is 6. The SMILES string of the molecule is CCN(c1ccccc1)c1nc(NCCC[Si](C)(C)C[Si](C)(C)CCCNCCC(=O)OCCOc2ccccc2)nc(Nc2cc(S(=O)(=O)O)cc3cc(S(=O)(=O)O)c(/N=N/c4ccc5ccccc5c4S(=O)(=O)O)c(O)c23)n1. The predicted octanol–water partition coefficient (Wildman–Crippen LogP) is 10.7. The Morgan fingerprint density at radius 3 is 2.00 bits per heavy atom. The number of aromatic nitrogens is 3. The Morgan fingerprint density at radius 2 is 1.34 bits per heavy atom. The lowest BCUT2D eigenvalue weighted by Crippen LogP contribution is -2.40. The summed E-state index contributed by atoms with van der Waals surface area (Å²) < 4.78 is 119. The maximum atomic E-state index is 12.9. The second-order valence-corrected chi connectivity index (χ2v) is 35.7. The molecule has 0 aliphatic rings. The number of fused-ring (bicyclic) bond motifs is 2. The lowest BCUT2D eigenvalue weighted by Gasteiger charge is -2.32. The maximum absolute atomic E-state index is 12.9. The standard InChI is InChI=1S/C53H65N9O13S3Si2/c1-6-62(39-18-9-7-10-19-39)53-58-51(55-27-16-32-80(4,5)36-79(2,3)31-15-26-54-28-25-46(63)75-30-29-74-40-20-11-8-12-21-40)57-52(59-53)56-44-35-41(76(65,66)67)33-38-34-45(77(68,69)70)48(49(64)47(38)44)61-60-43-24-23-37-17-13-14-22-42(37)50(43)78(71,72)73/h7-14,17-24,33-35,54,64H,6,15-16,25-32,36H2,1-5H3,(H,65,66,67)(H,68,69,70)(H,71,72,73)(H2,55,56,57,58,59)/b61-60+. The molecule has 7 N–H and O–H groups in total. The highest BCUT2D eigenvalue weighted by Gasteiger charge is 2.32. The first-order chi connectivity index (χ1) is 37.8. The Labute approximate surface area is 467 Å². The van der Waals surface area contributed by atoms with Crippen molar-refractivity contribution in [2.75, 3.05) is 54.9 Å². The van der Waals surface area contributed by atoms with E-state index in [4.69, 9.17) is 14.5 Å². The van der Waals surface area contributed by atoms with E-state index < -0.39 is 78.3 Å². The Bertz CT molecular complexity index is 3720. The van der Waals surface area contributed by atoms with Gasteiger partial charge in [0.05, 0.1) is 17.0 Å². The van der Waals surface area contributed by atoms with Crippen LogP contribution in [-0.4, -0.2) is 120 Å². The van der Waals surface area contributed by atoms with Crippen LogP contribution in [0.15, 0.2) is 140 Å². The number of anilines is 5. The number of nitrogens with zero attached hydrogens (tertiary/aromatic N) is 6. The molecule has 0 radical (unpaired) electrons. The highest BCUT2D eigenvalue weighted by molar-refractivity contribution is 7.86. The first-order valence-corrected chi connectivity index (χ1v) is 36.8. The average Bonchev–Trinajstić information content (AvgIpc) is 3.60. The Morgan fingerprint density at radius 1 is 0.688 bits per heavy atom. The van der Waals surface area contributed by atoms with Crippen LogP contribution in [-0.2, 0) is 39.9 Å². The molecule has 0 atom stereocenters. The van der Waals surface area contributed by atoms with E-state index in [0.717, 1.165) is 61.1 Å². The van der Waals surface area contributed by atoms with Crippen LogP contribution in [0.1, 0.15) is 26.2 Å². The zero-order valence-electron chi connectivity index (χ0n) is 44.8. The summed E-state index contributed by atoms with van der Waals surface area (Å²) >= 11 is 0. The molecular formula is C53H65N9O13S3Si2. The fourth-order valence-corrected chi connectivity index (χ4v) is 25.7. The smallest absolute Gasteiger partial charge is 0.307 e. The van der Waals surface area contributed by atoms with E-state index in [0.29, 0.717) is 25.0 Å². The lowest BCUT2D eigenvalue weighted by molar-refractivity contribution is -0.144. The predicted molar refractivity (Wildman–Crippen MR) is 313 cm³/mol. The minimum atomic E-state index is -5.32. The molecular weight excluding hydrogens is 1120 g/mol. The molecule has 0 spiro atoms. The van der Waals surface area contributed by atoms with Crippen molar-refractivity contribution < 1.29 is 58.3 Å². The number of rotatable bonds is 28. The number of hydrogen-bond acceptors (Lipinski definition) is 19. The van der Waals surface area contributed by atoms with Gasteiger partial charge in [0.1, 0.15) is 40.1 Å². The third kappa shape index (κ3) is 16.6. The molecule has 7 rings (SSSR count). The quantitative estimate of drug-likeness (QED) is 0.00788. The van der Waals surface area contributed by atoms with Crippen LogP contribution in [0.2, 0.25) is 43.9 Å². The summed E-state index contributed by atoms with van der Waals surface area (Å²) in [7, 11) is -18.6. The average molecular weight is 1190 g/mol. The van der Waals surface area contributed by atoms with E-state index in [1.807, 2.05) is 67.6 Å². The molecule has 0 fully saturated rings. The van der Waals surface area contributed by atoms with Gasteiger partial charge in [-0.1, -0.05) is 111 Å². The van der Waals surface area contributed by atoms with Gasteiger partial charge < -0.3 is 35.4 Å². The van der Waals surface area contributed by atoms with Crippen LogP contribution in [0.3, 0.4) is 0 Å². The van der Waals surface area contributed by atoms with E-state index in [2.05, 4.69) is 62.3 Å². The molecule has 80 heavy (non-hydrogen) atoms. The summed E-state index contributed by atoms with van der Waals surface area (Å²) in [5.41, 5.74) is 0.272. The third-order valence-electron chi connectivity index (χ3n) is 12.9. The molecule has 0 bridgehead atoms. The first kappa shape index (κ1) is 60.7. The summed E-state index contributed by atoms with van der Waals surface area (Å²) in [5, 5.41) is 29.3. The van der Waals surface area contributed by atoms with Crippen molar-refractivity contribution >= 4 is 115 Å². The molecule has 6 aromatic carbocycles. The zero-order valence-corrected chi connectivity index (χ0v) is 49.3. The van der Waals surface area contributed by atoms with Crippen LogP contribution in [0, 0.1) is 0 Å². The minimum absolute atomic E-state index is 0.0495. The number of phenols is 1. The number of carbonyl (C=O) groups is 1. The Kier molecular flexibility index (Phi) is 19.8. The van der Waals surface area contributed by atoms with Crippen LogP contribution in [0.5, 0.6) is 11.5 Å². The molecule has 426 valence electrons. The van der Waals surface area contributed by atoms with E-state index >= 15 is 0 Å². The van der Waals surface area contributed by atoms with Gasteiger partial charge in [-0.25, -0.2) is 0 Å². The van der Waals surface area contributed by atoms with Gasteiger partial charge in [0.25, 0.3) is 30.4 Å². The van der Waals surface area contributed by atoms with Gasteiger partial charge in [0.2, 0.25) is 17.8 Å². The summed E-state index contributed by atoms with van der Waals surface area (Å²) in [4.78, 5) is 25.6. The highest BCUT2D eigenvalue weighted by Crippen LogP contribution is 2.46. The zero-order chi connectivity index (χ0) is 57.9. The molecule has 0 unspecified atom stereocenters. The largest absolute Gasteiger partial charge is 0.505 e. The van der Waals surface area contributed by atoms with E-state index in [9.17, 15) is 48.8 Å². The van der Waals surface area contributed by atoms with Crippen molar-refractivity contribution in [2.24, 2.45) is 10.2 Å². The molecule has 0 amide bonds. The van der Waals surface area contributed by atoms with Crippen LogP contribution in [0.25, 0.3) is 21.5 Å². The molecule has 7 aromatic rings. The monoisotopic (exact) mass is 1190 g/mol. The Balaban J connectivity index is 1.09. The van der Waals surface area contributed by atoms with Gasteiger partial charge in [-0.3, -0.25) is 18.5 Å². The normalized spacial score (nSPS) is 12.5. The van der Waals surface area contributed by atoms with Gasteiger partial charge in [-0.2, -0.15) is 40.2 Å². The van der Waals surface area contributed by atoms with Crippen molar-refractivity contribution in [1.82, 2.24) is 20.3 Å². The summed E-state index contributed by atoms with van der Waals surface area (Å²) in [6.07, 6.45) is 2.06. The Hall–Kier alpha value is -6.96. The maximum Gasteiger partial charge on any atom is 0.307 e. The van der Waals surface area contributed by atoms with E-state index in [1.165, 1.54) is 29.9 Å². The molecule has 1 heterocycles. The van der Waals surface area contributed by atoms with Gasteiger partial charge >= 0.3 is 5.97 Å². The molecule has 0 aliphatic carbocycles. The number of azo groups is 1. The topological polar surface area (TPSA) is 322 Å². The van der Waals surface area contributed by atoms with Gasteiger partial charge in [0.15, 0.2) is 5.75 Å². The number of para-hydroxylation sites is 2. The van der Waals surface area contributed by atoms with Gasteiger partial charge in [-0.05, 0) is 85.6 Å². The molecule has 0 saturated heterocycles. The van der Waals surface area contributed by atoms with Gasteiger partial charge in [0, 0.05) is 52.2 Å². The number of carbonyl (C=O) groups excluding carboxylic acids is 1. The summed E-state index contributed by atoms with van der Waals surface area (Å²) in [6, 6.07) is 32.1. The van der Waals surface area contributed by atoms with E-state index in [-0.39, 0.29) is 65.3 Å². The molecule has 22 nitrogen and oxygen atoms in total. The van der Waals surface area contributed by atoms with Crippen molar-refractivity contribution in [3.63, 3.8) is 0 Å². The van der Waals surface area contributed by atoms with E-state index in [1.54, 1.807) is 17.0 Å². The summed E-state index contributed by atoms with van der Waals surface area (Å²) in [6.45, 7) is 14.2. The number of hydrogen-bond donors (Lipinski definition) is 7.